The van der Waals surface area contributed by atoms with Crippen molar-refractivity contribution in [2.24, 2.45) is 0 Å². The molecule has 0 spiro atoms. The van der Waals surface area contributed by atoms with E-state index in [1.54, 1.807) is 0 Å². The molecule has 0 rings (SSSR count). The molecule has 0 aliphatic carbocycles. The molecule has 116 valence electrons. The smallest absolute Gasteiger partial charge is 0.303 e. The molecule has 2 heteroatoms. The van der Waals surface area contributed by atoms with Gasteiger partial charge in [0.2, 0.25) is 0 Å². The lowest BCUT2D eigenvalue weighted by atomic mass is 10.1. The maximum Gasteiger partial charge on any atom is 0.303 e. The van der Waals surface area contributed by atoms with E-state index in [-0.39, 0.29) is 0 Å². The molecule has 0 aromatic rings. The molecule has 0 saturated carbocycles. The second kappa shape index (κ2) is 16.0. The molecule has 0 aliphatic rings. The Kier molecular flexibility index (Phi) is 15.2. The first-order valence-corrected chi connectivity index (χ1v) is 8.29. The van der Waals surface area contributed by atoms with Crippen LogP contribution >= 0.6 is 0 Å². The molecule has 0 fully saturated rings. The maximum atomic E-state index is 10.3. The molecule has 0 heterocycles. The van der Waals surface area contributed by atoms with E-state index in [1.165, 1.54) is 44.9 Å². The van der Waals surface area contributed by atoms with Gasteiger partial charge in [0.15, 0.2) is 0 Å². The van der Waals surface area contributed by atoms with E-state index in [0.29, 0.717) is 6.42 Å². The molecule has 0 saturated heterocycles. The molecule has 0 aromatic carbocycles. The van der Waals surface area contributed by atoms with Crippen LogP contribution in [0.25, 0.3) is 0 Å². The summed E-state index contributed by atoms with van der Waals surface area (Å²) in [6, 6.07) is 0. The number of hydrogen-bond acceptors (Lipinski definition) is 1. The maximum absolute atomic E-state index is 10.3. The van der Waals surface area contributed by atoms with Gasteiger partial charge in [-0.3, -0.25) is 4.79 Å². The average molecular weight is 280 g/mol. The fourth-order valence-electron chi connectivity index (χ4n) is 2.05. The van der Waals surface area contributed by atoms with Crippen molar-refractivity contribution in [2.45, 2.75) is 84.0 Å². The Hall–Kier alpha value is -1.05. The number of allylic oxidation sites excluding steroid dienone is 4. The lowest BCUT2D eigenvalue weighted by Crippen LogP contribution is -1.93. The van der Waals surface area contributed by atoms with Crippen LogP contribution in [0.2, 0.25) is 0 Å². The van der Waals surface area contributed by atoms with Crippen LogP contribution in [0.1, 0.15) is 84.0 Å². The fraction of sp³-hybridized carbons (Fsp3) is 0.722. The lowest BCUT2D eigenvalue weighted by Gasteiger charge is -1.98. The number of rotatable bonds is 14. The summed E-state index contributed by atoms with van der Waals surface area (Å²) < 4.78 is 0. The van der Waals surface area contributed by atoms with Gasteiger partial charge < -0.3 is 5.11 Å². The quantitative estimate of drug-likeness (QED) is 0.318. The van der Waals surface area contributed by atoms with Crippen molar-refractivity contribution >= 4 is 5.97 Å². The number of carbonyl (C=O) groups is 1. The molecule has 0 atom stereocenters. The zero-order valence-corrected chi connectivity index (χ0v) is 13.2. The largest absolute Gasteiger partial charge is 0.481 e. The van der Waals surface area contributed by atoms with Gasteiger partial charge >= 0.3 is 5.97 Å². The monoisotopic (exact) mass is 280 g/mol. The highest BCUT2D eigenvalue weighted by Crippen LogP contribution is 2.08. The zero-order chi connectivity index (χ0) is 14.9. The molecule has 0 aromatic heterocycles. The van der Waals surface area contributed by atoms with Gasteiger partial charge in [-0.25, -0.2) is 0 Å². The molecule has 0 radical (unpaired) electrons. The summed E-state index contributed by atoms with van der Waals surface area (Å²) in [5.74, 6) is -0.670. The summed E-state index contributed by atoms with van der Waals surface area (Å²) in [5.41, 5.74) is 0. The van der Waals surface area contributed by atoms with Crippen molar-refractivity contribution < 1.29 is 9.90 Å². The Morgan fingerprint density at radius 3 is 1.85 bits per heavy atom. The van der Waals surface area contributed by atoms with Gasteiger partial charge in [-0.2, -0.15) is 0 Å². The molecule has 0 unspecified atom stereocenters. The van der Waals surface area contributed by atoms with Gasteiger partial charge in [-0.05, 0) is 38.5 Å². The molecule has 0 amide bonds. The first-order valence-electron chi connectivity index (χ1n) is 8.29. The Balaban J connectivity index is 3.16. The molecule has 0 aliphatic heterocycles. The number of hydrogen-bond donors (Lipinski definition) is 1. The third kappa shape index (κ3) is 16.9. The molecule has 2 nitrogen and oxygen atoms in total. The third-order valence-electron chi connectivity index (χ3n) is 3.32. The lowest BCUT2D eigenvalue weighted by molar-refractivity contribution is -0.137. The van der Waals surface area contributed by atoms with Crippen molar-refractivity contribution in [3.63, 3.8) is 0 Å². The van der Waals surface area contributed by atoms with Crippen molar-refractivity contribution in [2.75, 3.05) is 0 Å². The van der Waals surface area contributed by atoms with Gasteiger partial charge in [0.25, 0.3) is 0 Å². The molecular weight excluding hydrogens is 248 g/mol. The number of carboxylic acid groups (broad SMARTS) is 1. The molecule has 0 bridgehead atoms. The highest BCUT2D eigenvalue weighted by molar-refractivity contribution is 5.66. The molecule has 20 heavy (non-hydrogen) atoms. The standard InChI is InChI=1S/C18H32O2/c1-2-3-4-5-6-7-8-9-10-11-12-13-14-15-16-17-18(19)20/h5-6,9-10H,2-4,7-8,11-17H2,1H3,(H,19,20)/b6-5-,10-9+. The highest BCUT2D eigenvalue weighted by Gasteiger charge is 1.95. The minimum atomic E-state index is -0.670. The minimum Gasteiger partial charge on any atom is -0.481 e. The molecule has 1 N–H and O–H groups in total. The average Bonchev–Trinajstić information content (AvgIpc) is 2.43. The summed E-state index contributed by atoms with van der Waals surface area (Å²) in [5, 5.41) is 8.50. The summed E-state index contributed by atoms with van der Waals surface area (Å²) in [6.07, 6.45) is 22.3. The number of aliphatic carboxylic acids is 1. The minimum absolute atomic E-state index is 0.325. The van der Waals surface area contributed by atoms with E-state index >= 15 is 0 Å². The van der Waals surface area contributed by atoms with Crippen LogP contribution < -0.4 is 0 Å². The van der Waals surface area contributed by atoms with Gasteiger partial charge in [0.1, 0.15) is 0 Å². The second-order valence-electron chi connectivity index (χ2n) is 5.36. The summed E-state index contributed by atoms with van der Waals surface area (Å²) >= 11 is 0. The van der Waals surface area contributed by atoms with E-state index in [4.69, 9.17) is 5.11 Å². The van der Waals surface area contributed by atoms with E-state index < -0.39 is 5.97 Å². The zero-order valence-electron chi connectivity index (χ0n) is 13.2. The van der Waals surface area contributed by atoms with Gasteiger partial charge in [-0.15, -0.1) is 0 Å². The highest BCUT2D eigenvalue weighted by atomic mass is 16.4. The number of carboxylic acids is 1. The predicted octanol–water partition coefficient (Wildman–Crippen LogP) is 5.88. The van der Waals surface area contributed by atoms with Crippen molar-refractivity contribution in [3.05, 3.63) is 24.3 Å². The topological polar surface area (TPSA) is 37.3 Å². The summed E-state index contributed by atoms with van der Waals surface area (Å²) in [7, 11) is 0. The third-order valence-corrected chi connectivity index (χ3v) is 3.32. The summed E-state index contributed by atoms with van der Waals surface area (Å²) in [6.45, 7) is 2.22. The van der Waals surface area contributed by atoms with Crippen LogP contribution in [-0.2, 0) is 4.79 Å². The van der Waals surface area contributed by atoms with Gasteiger partial charge in [-0.1, -0.05) is 63.3 Å². The van der Waals surface area contributed by atoms with Gasteiger partial charge in [0, 0.05) is 6.42 Å². The Bertz CT molecular complexity index is 267. The Morgan fingerprint density at radius 2 is 1.25 bits per heavy atom. The van der Waals surface area contributed by atoms with E-state index in [2.05, 4.69) is 31.2 Å². The Labute approximate surface area is 125 Å². The fourth-order valence-corrected chi connectivity index (χ4v) is 2.05. The molecular formula is C18H32O2. The van der Waals surface area contributed by atoms with Crippen molar-refractivity contribution in [3.8, 4) is 0 Å². The summed E-state index contributed by atoms with van der Waals surface area (Å²) in [4.78, 5) is 10.3. The van der Waals surface area contributed by atoms with Crippen LogP contribution in [0.15, 0.2) is 24.3 Å². The van der Waals surface area contributed by atoms with Crippen LogP contribution in [0, 0.1) is 0 Å². The number of unbranched alkanes of at least 4 members (excludes halogenated alkanes) is 8. The van der Waals surface area contributed by atoms with E-state index in [9.17, 15) is 4.79 Å². The first-order chi connectivity index (χ1) is 9.77. The first kappa shape index (κ1) is 18.9. The predicted molar refractivity (Wildman–Crippen MR) is 87.0 cm³/mol. The van der Waals surface area contributed by atoms with Crippen LogP contribution in [-0.4, -0.2) is 11.1 Å². The van der Waals surface area contributed by atoms with Crippen LogP contribution in [0.4, 0.5) is 0 Å². The SMILES string of the molecule is CCCC/C=C\CC/C=C/CCCCCCCC(=O)O. The Morgan fingerprint density at radius 1 is 0.750 bits per heavy atom. The van der Waals surface area contributed by atoms with Crippen molar-refractivity contribution in [1.29, 1.82) is 0 Å². The van der Waals surface area contributed by atoms with Crippen LogP contribution in [0.5, 0.6) is 0 Å². The van der Waals surface area contributed by atoms with Crippen molar-refractivity contribution in [1.82, 2.24) is 0 Å². The normalized spacial score (nSPS) is 11.7. The van der Waals surface area contributed by atoms with E-state index in [1.807, 2.05) is 0 Å². The second-order valence-corrected chi connectivity index (χ2v) is 5.36. The van der Waals surface area contributed by atoms with Gasteiger partial charge in [0.05, 0.1) is 0 Å². The van der Waals surface area contributed by atoms with Crippen LogP contribution in [0.3, 0.4) is 0 Å². The van der Waals surface area contributed by atoms with E-state index in [0.717, 1.165) is 25.7 Å².